The molecule has 1 aromatic heterocycles. The van der Waals surface area contributed by atoms with Crippen molar-refractivity contribution in [1.82, 2.24) is 4.98 Å². The maximum absolute atomic E-state index is 10.6. The predicted octanol–water partition coefficient (Wildman–Crippen LogP) is 1.79. The van der Waals surface area contributed by atoms with Crippen molar-refractivity contribution < 1.29 is 4.92 Å². The molecule has 0 radical (unpaired) electrons. The number of pyridine rings is 1. The molecule has 1 heterocycles. The second-order valence-corrected chi connectivity index (χ2v) is 3.37. The predicted molar refractivity (Wildman–Crippen MR) is 49.5 cm³/mol. The van der Waals surface area contributed by atoms with Crippen LogP contribution in [0.4, 0.5) is 5.69 Å². The Morgan fingerprint density at radius 2 is 2.29 bits per heavy atom. The summed E-state index contributed by atoms with van der Waals surface area (Å²) in [7, 11) is 0. The van der Waals surface area contributed by atoms with Crippen LogP contribution in [0.15, 0.2) is 18.3 Å². The van der Waals surface area contributed by atoms with Gasteiger partial charge in [0.25, 0.3) is 5.69 Å². The number of rotatable bonds is 2. The van der Waals surface area contributed by atoms with Gasteiger partial charge in [0.1, 0.15) is 11.1 Å². The van der Waals surface area contributed by atoms with Crippen LogP contribution >= 0.6 is 0 Å². The van der Waals surface area contributed by atoms with Crippen LogP contribution < -0.4 is 0 Å². The molecule has 0 atom stereocenters. The Balaban J connectivity index is 3.36. The van der Waals surface area contributed by atoms with Crippen molar-refractivity contribution in [1.29, 1.82) is 5.26 Å². The van der Waals surface area contributed by atoms with Crippen molar-refractivity contribution >= 4 is 5.69 Å². The maximum atomic E-state index is 10.6. The normalized spacial score (nSPS) is 10.6. The second-order valence-electron chi connectivity index (χ2n) is 3.37. The fraction of sp³-hybridized carbons (Fsp3) is 0.333. The van der Waals surface area contributed by atoms with Gasteiger partial charge in [0, 0.05) is 12.3 Å². The summed E-state index contributed by atoms with van der Waals surface area (Å²) in [6.07, 6.45) is 1.45. The number of aromatic nitrogens is 1. The number of hydrogen-bond acceptors (Lipinski definition) is 4. The molecule has 0 fully saturated rings. The molecule has 72 valence electrons. The summed E-state index contributed by atoms with van der Waals surface area (Å²) in [5, 5.41) is 19.5. The monoisotopic (exact) mass is 191 g/mol. The molecule has 0 aliphatic heterocycles. The van der Waals surface area contributed by atoms with Gasteiger partial charge in [-0.2, -0.15) is 5.26 Å². The van der Waals surface area contributed by atoms with Gasteiger partial charge in [0.2, 0.25) is 0 Å². The topological polar surface area (TPSA) is 79.8 Å². The fourth-order valence-electron chi connectivity index (χ4n) is 1.08. The SMILES string of the molecule is CC(C)(C#N)c1ncccc1[N+](=O)[O-]. The van der Waals surface area contributed by atoms with E-state index < -0.39 is 10.3 Å². The quantitative estimate of drug-likeness (QED) is 0.527. The summed E-state index contributed by atoms with van der Waals surface area (Å²) in [6.45, 7) is 3.20. The van der Waals surface area contributed by atoms with Crippen LogP contribution in [-0.2, 0) is 5.41 Å². The summed E-state index contributed by atoms with van der Waals surface area (Å²) in [4.78, 5) is 14.0. The molecule has 0 saturated carbocycles. The summed E-state index contributed by atoms with van der Waals surface area (Å²) < 4.78 is 0. The van der Waals surface area contributed by atoms with E-state index in [1.165, 1.54) is 18.3 Å². The summed E-state index contributed by atoms with van der Waals surface area (Å²) in [6, 6.07) is 4.82. The first-order valence-corrected chi connectivity index (χ1v) is 4.00. The van der Waals surface area contributed by atoms with Crippen LogP contribution in [0.25, 0.3) is 0 Å². The summed E-state index contributed by atoms with van der Waals surface area (Å²) >= 11 is 0. The van der Waals surface area contributed by atoms with Gasteiger partial charge < -0.3 is 0 Å². The van der Waals surface area contributed by atoms with Crippen LogP contribution in [0, 0.1) is 21.4 Å². The van der Waals surface area contributed by atoms with E-state index in [0.717, 1.165) is 0 Å². The molecule has 1 aromatic rings. The van der Waals surface area contributed by atoms with Crippen molar-refractivity contribution in [2.45, 2.75) is 19.3 Å². The molecule has 0 amide bonds. The molecule has 0 unspecified atom stereocenters. The highest BCUT2D eigenvalue weighted by atomic mass is 16.6. The van der Waals surface area contributed by atoms with Gasteiger partial charge in [-0.1, -0.05) is 0 Å². The number of nitriles is 1. The third-order valence-corrected chi connectivity index (χ3v) is 1.85. The van der Waals surface area contributed by atoms with Crippen molar-refractivity contribution in [3.8, 4) is 6.07 Å². The average Bonchev–Trinajstić information content (AvgIpc) is 2.18. The molecule has 5 nitrogen and oxygen atoms in total. The smallest absolute Gasteiger partial charge is 0.258 e. The van der Waals surface area contributed by atoms with Gasteiger partial charge in [-0.05, 0) is 19.9 Å². The Morgan fingerprint density at radius 3 is 2.79 bits per heavy atom. The molecule has 1 rings (SSSR count). The van der Waals surface area contributed by atoms with E-state index in [-0.39, 0.29) is 11.4 Å². The Kier molecular flexibility index (Phi) is 2.47. The van der Waals surface area contributed by atoms with E-state index in [4.69, 9.17) is 5.26 Å². The van der Waals surface area contributed by atoms with E-state index in [1.807, 2.05) is 6.07 Å². The van der Waals surface area contributed by atoms with Crippen LogP contribution in [0.3, 0.4) is 0 Å². The van der Waals surface area contributed by atoms with Gasteiger partial charge in [-0.25, -0.2) is 0 Å². The zero-order valence-corrected chi connectivity index (χ0v) is 7.89. The molecular formula is C9H9N3O2. The molecule has 0 bridgehead atoms. The third kappa shape index (κ3) is 1.69. The molecular weight excluding hydrogens is 182 g/mol. The lowest BCUT2D eigenvalue weighted by Crippen LogP contribution is -2.17. The largest absolute Gasteiger partial charge is 0.292 e. The molecule has 0 N–H and O–H groups in total. The molecule has 0 aromatic carbocycles. The van der Waals surface area contributed by atoms with E-state index in [0.29, 0.717) is 0 Å². The highest BCUT2D eigenvalue weighted by Crippen LogP contribution is 2.28. The number of nitro groups is 1. The van der Waals surface area contributed by atoms with Crippen molar-refractivity contribution in [3.63, 3.8) is 0 Å². The Hall–Kier alpha value is -1.96. The zero-order chi connectivity index (χ0) is 10.8. The Labute approximate surface area is 81.2 Å². The number of hydrogen-bond donors (Lipinski definition) is 0. The minimum absolute atomic E-state index is 0.112. The molecule has 0 aliphatic carbocycles. The molecule has 0 spiro atoms. The highest BCUT2D eigenvalue weighted by molar-refractivity contribution is 5.42. The first-order valence-electron chi connectivity index (χ1n) is 4.00. The van der Waals surface area contributed by atoms with Crippen molar-refractivity contribution in [3.05, 3.63) is 34.1 Å². The zero-order valence-electron chi connectivity index (χ0n) is 7.89. The standard InChI is InChI=1S/C9H9N3O2/c1-9(2,6-10)8-7(12(13)14)4-3-5-11-8/h3-5H,1-2H3. The minimum atomic E-state index is -0.941. The van der Waals surface area contributed by atoms with E-state index in [2.05, 4.69) is 4.98 Å². The third-order valence-electron chi connectivity index (χ3n) is 1.85. The highest BCUT2D eigenvalue weighted by Gasteiger charge is 2.30. The average molecular weight is 191 g/mol. The molecule has 0 saturated heterocycles. The first kappa shape index (κ1) is 10.1. The van der Waals surface area contributed by atoms with Crippen molar-refractivity contribution in [2.75, 3.05) is 0 Å². The van der Waals surface area contributed by atoms with E-state index >= 15 is 0 Å². The van der Waals surface area contributed by atoms with Gasteiger partial charge in [-0.3, -0.25) is 15.1 Å². The lowest BCUT2D eigenvalue weighted by Gasteiger charge is -2.13. The van der Waals surface area contributed by atoms with Gasteiger partial charge >= 0.3 is 0 Å². The van der Waals surface area contributed by atoms with Crippen molar-refractivity contribution in [2.24, 2.45) is 0 Å². The summed E-state index contributed by atoms with van der Waals surface area (Å²) in [5.41, 5.74) is -0.851. The van der Waals surface area contributed by atoms with Crippen LogP contribution in [0.2, 0.25) is 0 Å². The Bertz CT molecular complexity index is 407. The van der Waals surface area contributed by atoms with E-state index in [1.54, 1.807) is 13.8 Å². The molecule has 0 aliphatic rings. The number of nitrogens with zero attached hydrogens (tertiary/aromatic N) is 3. The minimum Gasteiger partial charge on any atom is -0.258 e. The first-order chi connectivity index (χ1) is 6.49. The van der Waals surface area contributed by atoms with Crippen LogP contribution in [-0.4, -0.2) is 9.91 Å². The molecule has 5 heteroatoms. The van der Waals surface area contributed by atoms with Gasteiger partial charge in [-0.15, -0.1) is 0 Å². The fourth-order valence-corrected chi connectivity index (χ4v) is 1.08. The van der Waals surface area contributed by atoms with Gasteiger partial charge in [0.05, 0.1) is 11.0 Å². The van der Waals surface area contributed by atoms with Crippen LogP contribution in [0.5, 0.6) is 0 Å². The van der Waals surface area contributed by atoms with E-state index in [9.17, 15) is 10.1 Å². The molecule has 14 heavy (non-hydrogen) atoms. The maximum Gasteiger partial charge on any atom is 0.292 e. The van der Waals surface area contributed by atoms with Crippen LogP contribution in [0.1, 0.15) is 19.5 Å². The lowest BCUT2D eigenvalue weighted by atomic mass is 9.90. The van der Waals surface area contributed by atoms with Gasteiger partial charge in [0.15, 0.2) is 0 Å². The lowest BCUT2D eigenvalue weighted by molar-refractivity contribution is -0.386. The Morgan fingerprint density at radius 1 is 1.64 bits per heavy atom. The summed E-state index contributed by atoms with van der Waals surface area (Å²) in [5.74, 6) is 0. The second kappa shape index (κ2) is 3.42.